The zero-order valence-electron chi connectivity index (χ0n) is 14.0. The van der Waals surface area contributed by atoms with Crippen LogP contribution in [0.15, 0.2) is 18.2 Å². The van der Waals surface area contributed by atoms with E-state index in [1.54, 1.807) is 4.90 Å². The van der Waals surface area contributed by atoms with E-state index in [0.717, 1.165) is 31.4 Å². The Labute approximate surface area is 145 Å². The number of amides is 2. The number of nitrogens with two attached hydrogens (primary N) is 1. The van der Waals surface area contributed by atoms with Gasteiger partial charge in [-0.15, -0.1) is 0 Å². The lowest BCUT2D eigenvalue weighted by Gasteiger charge is -2.33. The van der Waals surface area contributed by atoms with Gasteiger partial charge in [-0.25, -0.2) is 8.78 Å². The molecule has 136 valence electrons. The van der Waals surface area contributed by atoms with Crippen molar-refractivity contribution >= 4 is 12.3 Å². The molecule has 1 aromatic carbocycles. The molecule has 25 heavy (non-hydrogen) atoms. The summed E-state index contributed by atoms with van der Waals surface area (Å²) in [6.07, 6.45) is 3.74. The minimum Gasteiger partial charge on any atom is -0.354 e. The second kappa shape index (κ2) is 7.07. The lowest BCUT2D eigenvalue weighted by atomic mass is 9.89. The topological polar surface area (TPSA) is 75.4 Å². The molecule has 7 heteroatoms. The lowest BCUT2D eigenvalue weighted by molar-refractivity contribution is -0.123. The van der Waals surface area contributed by atoms with Crippen molar-refractivity contribution in [1.29, 1.82) is 0 Å². The summed E-state index contributed by atoms with van der Waals surface area (Å²) in [7, 11) is 0. The number of carbonyl (C=O) groups is 2. The number of nitrogens with one attached hydrogen (secondary N) is 1. The Bertz CT molecular complexity index is 656. The number of nitrogens with zero attached hydrogens (tertiary/aromatic N) is 1. The van der Waals surface area contributed by atoms with E-state index in [1.165, 1.54) is 6.07 Å². The first-order valence-electron chi connectivity index (χ1n) is 8.65. The van der Waals surface area contributed by atoms with Crippen molar-refractivity contribution in [3.8, 4) is 0 Å². The van der Waals surface area contributed by atoms with Crippen molar-refractivity contribution in [2.24, 2.45) is 11.7 Å². The molecule has 2 aliphatic rings. The van der Waals surface area contributed by atoms with E-state index in [9.17, 15) is 18.4 Å². The third kappa shape index (κ3) is 3.66. The first-order chi connectivity index (χ1) is 12.0. The predicted molar refractivity (Wildman–Crippen MR) is 88.6 cm³/mol. The van der Waals surface area contributed by atoms with Gasteiger partial charge >= 0.3 is 0 Å². The number of hydrogen-bond donors (Lipinski definition) is 2. The van der Waals surface area contributed by atoms with Crippen LogP contribution in [0.5, 0.6) is 0 Å². The summed E-state index contributed by atoms with van der Waals surface area (Å²) in [4.78, 5) is 25.0. The predicted octanol–water partition coefficient (Wildman–Crippen LogP) is 1.31. The summed E-state index contributed by atoms with van der Waals surface area (Å²) >= 11 is 0. The van der Waals surface area contributed by atoms with E-state index in [4.69, 9.17) is 5.73 Å². The van der Waals surface area contributed by atoms with Gasteiger partial charge in [0.25, 0.3) is 0 Å². The van der Waals surface area contributed by atoms with Crippen LogP contribution in [0.4, 0.5) is 8.78 Å². The summed E-state index contributed by atoms with van der Waals surface area (Å²) in [5.74, 6) is -1.77. The Kier molecular flexibility index (Phi) is 5.03. The van der Waals surface area contributed by atoms with Gasteiger partial charge in [-0.1, -0.05) is 6.07 Å². The summed E-state index contributed by atoms with van der Waals surface area (Å²) in [6.45, 7) is 1.72. The second-order valence-electron chi connectivity index (χ2n) is 7.06. The van der Waals surface area contributed by atoms with Gasteiger partial charge in [-0.2, -0.15) is 0 Å². The molecule has 1 unspecified atom stereocenters. The molecule has 2 amide bonds. The third-order valence-corrected chi connectivity index (χ3v) is 5.48. The van der Waals surface area contributed by atoms with Crippen LogP contribution in [0.25, 0.3) is 0 Å². The maximum absolute atomic E-state index is 13.5. The fourth-order valence-corrected chi connectivity index (χ4v) is 3.57. The number of hydrogen-bond acceptors (Lipinski definition) is 3. The molecule has 0 aromatic heterocycles. The van der Waals surface area contributed by atoms with Gasteiger partial charge in [0.1, 0.15) is 0 Å². The summed E-state index contributed by atoms with van der Waals surface area (Å²) in [5, 5.41) is 2.88. The van der Waals surface area contributed by atoms with Crippen molar-refractivity contribution in [3.63, 3.8) is 0 Å². The summed E-state index contributed by atoms with van der Waals surface area (Å²) in [5.41, 5.74) is 5.95. The molecule has 0 radical (unpaired) electrons. The molecule has 3 N–H and O–H groups in total. The molecule has 2 fully saturated rings. The Hall–Kier alpha value is -2.02. The molecule has 1 saturated carbocycles. The Balaban J connectivity index is 1.55. The fraction of sp³-hybridized carbons (Fsp3) is 0.556. The van der Waals surface area contributed by atoms with Crippen molar-refractivity contribution in [2.45, 2.75) is 37.1 Å². The minimum absolute atomic E-state index is 0.181. The zero-order chi connectivity index (χ0) is 18.0. The van der Waals surface area contributed by atoms with Crippen LogP contribution in [0, 0.1) is 17.6 Å². The van der Waals surface area contributed by atoms with E-state index < -0.39 is 17.0 Å². The molecule has 3 rings (SSSR count). The molecule has 1 aliphatic heterocycles. The largest absolute Gasteiger partial charge is 0.354 e. The van der Waals surface area contributed by atoms with Crippen molar-refractivity contribution in [3.05, 3.63) is 35.4 Å². The standard InChI is InChI=1S/C18H23F2N3O2/c19-14-2-1-13(9-15(14)20)18(5-6-18)17(25)22-10-16(21)12-3-7-23(11-24)8-4-12/h1-2,9,11-12,16H,3-8,10,21H2,(H,22,25). The average molecular weight is 351 g/mol. The smallest absolute Gasteiger partial charge is 0.230 e. The van der Waals surface area contributed by atoms with Crippen LogP contribution in [-0.2, 0) is 15.0 Å². The molecule has 1 atom stereocenters. The average Bonchev–Trinajstić information content (AvgIpc) is 3.43. The molecule has 1 aliphatic carbocycles. The fourth-order valence-electron chi connectivity index (χ4n) is 3.57. The highest BCUT2D eigenvalue weighted by atomic mass is 19.2. The third-order valence-electron chi connectivity index (χ3n) is 5.48. The zero-order valence-corrected chi connectivity index (χ0v) is 14.0. The highest BCUT2D eigenvalue weighted by Crippen LogP contribution is 2.48. The first-order valence-corrected chi connectivity index (χ1v) is 8.65. The van der Waals surface area contributed by atoms with Crippen LogP contribution < -0.4 is 11.1 Å². The highest BCUT2D eigenvalue weighted by molar-refractivity contribution is 5.91. The van der Waals surface area contributed by atoms with Gasteiger partial charge in [0.05, 0.1) is 5.41 Å². The van der Waals surface area contributed by atoms with Crippen LogP contribution in [0.2, 0.25) is 0 Å². The van der Waals surface area contributed by atoms with Gasteiger partial charge < -0.3 is 16.0 Å². The van der Waals surface area contributed by atoms with Crippen molar-refractivity contribution in [1.82, 2.24) is 10.2 Å². The number of carbonyl (C=O) groups excluding carboxylic acids is 2. The molecule has 1 saturated heterocycles. The Morgan fingerprint density at radius 3 is 2.56 bits per heavy atom. The van der Waals surface area contributed by atoms with Gasteiger partial charge in [0.2, 0.25) is 12.3 Å². The number of benzene rings is 1. The van der Waals surface area contributed by atoms with Crippen LogP contribution in [0.1, 0.15) is 31.2 Å². The van der Waals surface area contributed by atoms with Crippen LogP contribution in [-0.4, -0.2) is 42.9 Å². The summed E-state index contributed by atoms with van der Waals surface area (Å²) < 4.78 is 26.6. The Morgan fingerprint density at radius 2 is 2.00 bits per heavy atom. The van der Waals surface area contributed by atoms with Gasteiger partial charge in [-0.05, 0) is 49.3 Å². The SMILES string of the molecule is NC(CNC(=O)C1(c2ccc(F)c(F)c2)CC1)C1CCN(C=O)CC1. The van der Waals surface area contributed by atoms with Crippen LogP contribution >= 0.6 is 0 Å². The minimum atomic E-state index is -0.935. The molecular formula is C18H23F2N3O2. The van der Waals surface area contributed by atoms with Crippen molar-refractivity contribution in [2.75, 3.05) is 19.6 Å². The van der Waals surface area contributed by atoms with E-state index in [1.807, 2.05) is 0 Å². The van der Waals surface area contributed by atoms with Gasteiger partial charge in [0.15, 0.2) is 11.6 Å². The van der Waals surface area contributed by atoms with E-state index in [0.29, 0.717) is 38.0 Å². The van der Waals surface area contributed by atoms with E-state index in [2.05, 4.69) is 5.32 Å². The lowest BCUT2D eigenvalue weighted by Crippen LogP contribution is -2.48. The van der Waals surface area contributed by atoms with Gasteiger partial charge in [0, 0.05) is 25.7 Å². The normalized spacial score (nSPS) is 20.8. The first kappa shape index (κ1) is 17.8. The van der Waals surface area contributed by atoms with Crippen molar-refractivity contribution < 1.29 is 18.4 Å². The van der Waals surface area contributed by atoms with Gasteiger partial charge in [-0.3, -0.25) is 9.59 Å². The molecule has 0 spiro atoms. The number of piperidine rings is 1. The van der Waals surface area contributed by atoms with E-state index in [-0.39, 0.29) is 17.9 Å². The summed E-state index contributed by atoms with van der Waals surface area (Å²) in [6, 6.07) is 3.46. The molecular weight excluding hydrogens is 328 g/mol. The second-order valence-corrected chi connectivity index (χ2v) is 7.06. The molecule has 0 bridgehead atoms. The number of halogens is 2. The quantitative estimate of drug-likeness (QED) is 0.759. The number of rotatable bonds is 6. The van der Waals surface area contributed by atoms with E-state index >= 15 is 0 Å². The molecule has 1 heterocycles. The molecule has 5 nitrogen and oxygen atoms in total. The molecule has 1 aromatic rings. The van der Waals surface area contributed by atoms with Crippen LogP contribution in [0.3, 0.4) is 0 Å². The maximum Gasteiger partial charge on any atom is 0.230 e. The maximum atomic E-state index is 13.5. The Morgan fingerprint density at radius 1 is 1.32 bits per heavy atom. The monoisotopic (exact) mass is 351 g/mol. The number of likely N-dealkylation sites (tertiary alicyclic amines) is 1. The highest BCUT2D eigenvalue weighted by Gasteiger charge is 2.51.